The minimum absolute atomic E-state index is 0.0397. The van der Waals surface area contributed by atoms with Crippen LogP contribution < -0.4 is 4.74 Å². The standard InChI is InChI=1S/C26H35NO2S2/c1-3-4-5-6-7-8-9-10-11-14-17-27-25(28)24(31-26(27)30)19-22-18-21-15-12-13-16-23(21)29-20(22)2/h12-13,15-16,18-20H,3-11,14,17H2,1-2H3. The maximum absolute atomic E-state index is 12.9. The Morgan fingerprint density at radius 2 is 1.68 bits per heavy atom. The lowest BCUT2D eigenvalue weighted by Gasteiger charge is -2.23. The highest BCUT2D eigenvalue weighted by Gasteiger charge is 2.32. The fourth-order valence-corrected chi connectivity index (χ4v) is 5.33. The van der Waals surface area contributed by atoms with Crippen LogP contribution in [0.2, 0.25) is 0 Å². The molecule has 0 N–H and O–H groups in total. The first kappa shape index (κ1) is 24.1. The maximum Gasteiger partial charge on any atom is 0.266 e. The van der Waals surface area contributed by atoms with Gasteiger partial charge in [-0.15, -0.1) is 0 Å². The lowest BCUT2D eigenvalue weighted by Crippen LogP contribution is -2.29. The van der Waals surface area contributed by atoms with Crippen LogP contribution in [0.3, 0.4) is 0 Å². The van der Waals surface area contributed by atoms with Crippen molar-refractivity contribution in [3.05, 3.63) is 46.4 Å². The highest BCUT2D eigenvalue weighted by atomic mass is 32.2. The van der Waals surface area contributed by atoms with E-state index in [-0.39, 0.29) is 12.0 Å². The number of fused-ring (bicyclic) bond motifs is 1. The molecule has 2 heterocycles. The van der Waals surface area contributed by atoms with Crippen LogP contribution in [0.1, 0.15) is 83.6 Å². The van der Waals surface area contributed by atoms with E-state index in [4.69, 9.17) is 17.0 Å². The first-order valence-electron chi connectivity index (χ1n) is 11.8. The molecule has 1 aromatic carbocycles. The molecular weight excluding hydrogens is 422 g/mol. The van der Waals surface area contributed by atoms with Crippen molar-refractivity contribution in [3.63, 3.8) is 0 Å². The van der Waals surface area contributed by atoms with Gasteiger partial charge in [-0.2, -0.15) is 0 Å². The van der Waals surface area contributed by atoms with Gasteiger partial charge in [0.25, 0.3) is 5.91 Å². The Kier molecular flexibility index (Phi) is 9.66. The van der Waals surface area contributed by atoms with Crippen molar-refractivity contribution in [2.24, 2.45) is 0 Å². The molecule has 1 atom stereocenters. The molecule has 2 aliphatic heterocycles. The molecule has 0 radical (unpaired) electrons. The molecule has 31 heavy (non-hydrogen) atoms. The summed E-state index contributed by atoms with van der Waals surface area (Å²) < 4.78 is 6.68. The average Bonchev–Trinajstić information content (AvgIpc) is 3.02. The summed E-state index contributed by atoms with van der Waals surface area (Å²) in [6, 6.07) is 7.98. The van der Waals surface area contributed by atoms with Gasteiger partial charge in [-0.1, -0.05) is 107 Å². The molecule has 2 aliphatic rings. The van der Waals surface area contributed by atoms with Gasteiger partial charge in [0.2, 0.25) is 0 Å². The van der Waals surface area contributed by atoms with Gasteiger partial charge < -0.3 is 4.74 Å². The van der Waals surface area contributed by atoms with Gasteiger partial charge >= 0.3 is 0 Å². The number of carbonyl (C=O) groups is 1. The molecule has 0 spiro atoms. The number of amides is 1. The second-order valence-corrected chi connectivity index (χ2v) is 10.1. The fraction of sp³-hybridized carbons (Fsp3) is 0.538. The lowest BCUT2D eigenvalue weighted by molar-refractivity contribution is -0.122. The molecule has 5 heteroatoms. The zero-order chi connectivity index (χ0) is 22.1. The molecule has 1 amide bonds. The number of benzene rings is 1. The normalized spacial score (nSPS) is 19.5. The van der Waals surface area contributed by atoms with E-state index < -0.39 is 0 Å². The third-order valence-electron chi connectivity index (χ3n) is 5.92. The number of hydrogen-bond acceptors (Lipinski definition) is 4. The first-order valence-corrected chi connectivity index (χ1v) is 13.0. The van der Waals surface area contributed by atoms with E-state index in [1.165, 1.54) is 63.1 Å². The van der Waals surface area contributed by atoms with Crippen LogP contribution in [0.15, 0.2) is 40.8 Å². The van der Waals surface area contributed by atoms with Crippen LogP contribution in [-0.2, 0) is 4.79 Å². The van der Waals surface area contributed by atoms with Gasteiger partial charge in [0, 0.05) is 12.1 Å². The Hall–Kier alpha value is -1.59. The quantitative estimate of drug-likeness (QED) is 0.184. The molecular formula is C26H35NO2S2. The number of rotatable bonds is 12. The summed E-state index contributed by atoms with van der Waals surface area (Å²) in [7, 11) is 0. The summed E-state index contributed by atoms with van der Waals surface area (Å²) >= 11 is 6.91. The molecule has 3 nitrogen and oxygen atoms in total. The highest BCUT2D eigenvalue weighted by molar-refractivity contribution is 8.26. The molecule has 1 unspecified atom stereocenters. The number of nitrogens with zero attached hydrogens (tertiary/aromatic N) is 1. The SMILES string of the molecule is CCCCCCCCCCCCN1C(=O)C(=CC2=Cc3ccccc3OC2C)SC1=S. The van der Waals surface area contributed by atoms with Crippen LogP contribution in [-0.4, -0.2) is 27.8 Å². The minimum atomic E-state index is -0.0830. The van der Waals surface area contributed by atoms with Gasteiger partial charge in [0.15, 0.2) is 0 Å². The molecule has 0 bridgehead atoms. The van der Waals surface area contributed by atoms with Crippen LogP contribution in [0.5, 0.6) is 5.75 Å². The number of ether oxygens (including phenoxy) is 1. The zero-order valence-corrected chi connectivity index (χ0v) is 20.5. The summed E-state index contributed by atoms with van der Waals surface area (Å²) in [4.78, 5) is 15.4. The minimum Gasteiger partial charge on any atom is -0.485 e. The van der Waals surface area contributed by atoms with Crippen LogP contribution in [0, 0.1) is 0 Å². The smallest absolute Gasteiger partial charge is 0.266 e. The highest BCUT2D eigenvalue weighted by Crippen LogP contribution is 2.35. The van der Waals surface area contributed by atoms with Crippen molar-refractivity contribution in [2.75, 3.05) is 6.54 Å². The van der Waals surface area contributed by atoms with Crippen molar-refractivity contribution in [1.82, 2.24) is 4.90 Å². The van der Waals surface area contributed by atoms with Crippen molar-refractivity contribution in [3.8, 4) is 5.75 Å². The summed E-state index contributed by atoms with van der Waals surface area (Å²) in [5.41, 5.74) is 2.06. The van der Waals surface area contributed by atoms with E-state index in [1.807, 2.05) is 37.3 Å². The molecule has 0 aromatic heterocycles. The first-order chi connectivity index (χ1) is 15.1. The van der Waals surface area contributed by atoms with Crippen molar-refractivity contribution in [1.29, 1.82) is 0 Å². The topological polar surface area (TPSA) is 29.5 Å². The van der Waals surface area contributed by atoms with Gasteiger partial charge in [0.05, 0.1) is 4.91 Å². The molecule has 0 aliphatic carbocycles. The Bertz CT molecular complexity index is 830. The van der Waals surface area contributed by atoms with Crippen LogP contribution in [0.25, 0.3) is 6.08 Å². The van der Waals surface area contributed by atoms with Crippen LogP contribution in [0.4, 0.5) is 0 Å². The van der Waals surface area contributed by atoms with Crippen molar-refractivity contribution in [2.45, 2.75) is 84.2 Å². The van der Waals surface area contributed by atoms with E-state index in [1.54, 1.807) is 4.90 Å². The van der Waals surface area contributed by atoms with E-state index >= 15 is 0 Å². The van der Waals surface area contributed by atoms with Crippen molar-refractivity contribution < 1.29 is 9.53 Å². The van der Waals surface area contributed by atoms with Gasteiger partial charge in [-0.3, -0.25) is 9.69 Å². The average molecular weight is 458 g/mol. The second-order valence-electron chi connectivity index (χ2n) is 8.46. The summed E-state index contributed by atoms with van der Waals surface area (Å²) in [6.07, 6.45) is 16.9. The molecule has 1 aromatic rings. The van der Waals surface area contributed by atoms with Gasteiger partial charge in [-0.05, 0) is 37.1 Å². The van der Waals surface area contributed by atoms with Gasteiger partial charge in [-0.25, -0.2) is 0 Å². The number of carbonyl (C=O) groups excluding carboxylic acids is 1. The molecule has 1 saturated heterocycles. The predicted molar refractivity (Wildman–Crippen MR) is 136 cm³/mol. The lowest BCUT2D eigenvalue weighted by atomic mass is 10.0. The Morgan fingerprint density at radius 1 is 1.03 bits per heavy atom. The number of para-hydroxylation sites is 1. The van der Waals surface area contributed by atoms with Crippen LogP contribution >= 0.6 is 24.0 Å². The maximum atomic E-state index is 12.9. The van der Waals surface area contributed by atoms with E-state index in [2.05, 4.69) is 13.0 Å². The molecule has 3 rings (SSSR count). The Morgan fingerprint density at radius 3 is 2.39 bits per heavy atom. The molecule has 1 fully saturated rings. The van der Waals surface area contributed by atoms with E-state index in [9.17, 15) is 4.79 Å². The molecule has 0 saturated carbocycles. The monoisotopic (exact) mass is 457 g/mol. The Labute approximate surface area is 197 Å². The third kappa shape index (κ3) is 6.95. The van der Waals surface area contributed by atoms with Crippen molar-refractivity contribution >= 4 is 40.3 Å². The fourth-order valence-electron chi connectivity index (χ4n) is 4.02. The second kappa shape index (κ2) is 12.4. The van der Waals surface area contributed by atoms with E-state index in [0.29, 0.717) is 9.23 Å². The molecule has 168 valence electrons. The Balaban J connectivity index is 1.44. The zero-order valence-electron chi connectivity index (χ0n) is 18.9. The largest absolute Gasteiger partial charge is 0.485 e. The summed E-state index contributed by atoms with van der Waals surface area (Å²) in [5.74, 6) is 0.929. The van der Waals surface area contributed by atoms with Gasteiger partial charge in [0.1, 0.15) is 16.2 Å². The number of thioether (sulfide) groups is 1. The summed E-state index contributed by atoms with van der Waals surface area (Å²) in [6.45, 7) is 5.00. The third-order valence-corrected chi connectivity index (χ3v) is 7.30. The number of hydrogen-bond donors (Lipinski definition) is 0. The number of thiocarbonyl (C=S) groups is 1. The predicted octanol–water partition coefficient (Wildman–Crippen LogP) is 7.52. The summed E-state index contributed by atoms with van der Waals surface area (Å²) in [5, 5.41) is 0. The van der Waals surface area contributed by atoms with E-state index in [0.717, 1.165) is 36.3 Å². The number of unbranched alkanes of at least 4 members (excludes halogenated alkanes) is 9.